The van der Waals surface area contributed by atoms with Gasteiger partial charge in [-0.15, -0.1) is 0 Å². The molecule has 2 rings (SSSR count). The number of carbonyl (C=O) groups is 1. The molecule has 0 unspecified atom stereocenters. The van der Waals surface area contributed by atoms with Crippen molar-refractivity contribution >= 4 is 16.7 Å². The third kappa shape index (κ3) is 2.41. The van der Waals surface area contributed by atoms with Gasteiger partial charge in [-0.05, 0) is 38.5 Å². The Balaban J connectivity index is 2.49. The van der Waals surface area contributed by atoms with Crippen molar-refractivity contribution in [2.75, 3.05) is 0 Å². The van der Waals surface area contributed by atoms with E-state index in [4.69, 9.17) is 4.74 Å². The standard InChI is InChI=1S/C16H18O4/c1-4-16(2,3)15(19)20-13-9-8-12(18)14-10(13)6-5-7-11(14)17/h5-9,17-18H,4H2,1-3H3. The van der Waals surface area contributed by atoms with E-state index in [1.807, 2.05) is 20.8 Å². The minimum absolute atomic E-state index is 0.0485. The number of benzene rings is 2. The fourth-order valence-corrected chi connectivity index (χ4v) is 1.81. The van der Waals surface area contributed by atoms with Crippen LogP contribution in [-0.2, 0) is 4.79 Å². The van der Waals surface area contributed by atoms with Crippen LogP contribution in [0.4, 0.5) is 0 Å². The molecule has 0 aliphatic heterocycles. The maximum atomic E-state index is 12.1. The molecule has 0 fully saturated rings. The first-order valence-electron chi connectivity index (χ1n) is 6.52. The second kappa shape index (κ2) is 5.04. The van der Waals surface area contributed by atoms with E-state index in [2.05, 4.69) is 0 Å². The molecule has 0 aliphatic carbocycles. The van der Waals surface area contributed by atoms with Gasteiger partial charge in [0.2, 0.25) is 0 Å². The number of ether oxygens (including phenoxy) is 1. The SMILES string of the molecule is CCC(C)(C)C(=O)Oc1ccc(O)c2c(O)cccc12. The Morgan fingerprint density at radius 2 is 1.80 bits per heavy atom. The van der Waals surface area contributed by atoms with Crippen LogP contribution in [0.5, 0.6) is 17.2 Å². The molecule has 0 atom stereocenters. The van der Waals surface area contributed by atoms with Crippen LogP contribution in [0.2, 0.25) is 0 Å². The number of aromatic hydroxyl groups is 2. The molecule has 0 saturated carbocycles. The highest BCUT2D eigenvalue weighted by Crippen LogP contribution is 2.38. The van der Waals surface area contributed by atoms with Crippen LogP contribution in [0, 0.1) is 5.41 Å². The zero-order chi connectivity index (χ0) is 14.9. The van der Waals surface area contributed by atoms with Gasteiger partial charge in [-0.1, -0.05) is 19.1 Å². The van der Waals surface area contributed by atoms with Gasteiger partial charge >= 0.3 is 5.97 Å². The Bertz CT molecular complexity index is 651. The molecule has 4 nitrogen and oxygen atoms in total. The molecule has 4 heteroatoms. The van der Waals surface area contributed by atoms with E-state index in [0.29, 0.717) is 17.6 Å². The minimum atomic E-state index is -0.582. The summed E-state index contributed by atoms with van der Waals surface area (Å²) in [7, 11) is 0. The smallest absolute Gasteiger partial charge is 0.316 e. The van der Waals surface area contributed by atoms with Gasteiger partial charge < -0.3 is 14.9 Å². The van der Waals surface area contributed by atoms with Crippen LogP contribution < -0.4 is 4.74 Å². The summed E-state index contributed by atoms with van der Waals surface area (Å²) in [5.41, 5.74) is -0.582. The molecule has 0 spiro atoms. The predicted octanol–water partition coefficient (Wildman–Crippen LogP) is 3.59. The highest BCUT2D eigenvalue weighted by molar-refractivity contribution is 5.98. The normalized spacial score (nSPS) is 11.6. The molecule has 2 aromatic carbocycles. The number of fused-ring (bicyclic) bond motifs is 1. The number of hydrogen-bond donors (Lipinski definition) is 2. The van der Waals surface area contributed by atoms with Crippen molar-refractivity contribution in [3.8, 4) is 17.2 Å². The zero-order valence-electron chi connectivity index (χ0n) is 11.8. The van der Waals surface area contributed by atoms with Crippen molar-refractivity contribution in [2.45, 2.75) is 27.2 Å². The lowest BCUT2D eigenvalue weighted by molar-refractivity contribution is -0.144. The van der Waals surface area contributed by atoms with Crippen molar-refractivity contribution in [2.24, 2.45) is 5.41 Å². The van der Waals surface area contributed by atoms with Gasteiger partial charge in [0.1, 0.15) is 17.2 Å². The van der Waals surface area contributed by atoms with E-state index in [9.17, 15) is 15.0 Å². The number of hydrogen-bond acceptors (Lipinski definition) is 4. The Labute approximate surface area is 117 Å². The van der Waals surface area contributed by atoms with Crippen LogP contribution in [-0.4, -0.2) is 16.2 Å². The zero-order valence-corrected chi connectivity index (χ0v) is 11.8. The summed E-state index contributed by atoms with van der Waals surface area (Å²) in [6.45, 7) is 5.55. The Hall–Kier alpha value is -2.23. The monoisotopic (exact) mass is 274 g/mol. The molecular formula is C16H18O4. The van der Waals surface area contributed by atoms with Gasteiger partial charge in [-0.3, -0.25) is 4.79 Å². The molecule has 0 aliphatic rings. The average Bonchev–Trinajstić information content (AvgIpc) is 2.41. The fraction of sp³-hybridized carbons (Fsp3) is 0.312. The first-order chi connectivity index (χ1) is 9.36. The van der Waals surface area contributed by atoms with E-state index in [1.54, 1.807) is 12.1 Å². The summed E-state index contributed by atoms with van der Waals surface area (Å²) in [4.78, 5) is 12.1. The van der Waals surface area contributed by atoms with Crippen molar-refractivity contribution in [1.29, 1.82) is 0 Å². The number of carbonyl (C=O) groups excluding carboxylic acids is 1. The molecule has 0 heterocycles. The van der Waals surface area contributed by atoms with Crippen LogP contribution >= 0.6 is 0 Å². The first kappa shape index (κ1) is 14.2. The van der Waals surface area contributed by atoms with Crippen LogP contribution in [0.3, 0.4) is 0 Å². The van der Waals surface area contributed by atoms with E-state index in [1.165, 1.54) is 18.2 Å². The molecule has 2 N–H and O–H groups in total. The Morgan fingerprint density at radius 3 is 2.45 bits per heavy atom. The fourth-order valence-electron chi connectivity index (χ4n) is 1.81. The summed E-state index contributed by atoms with van der Waals surface area (Å²) in [6.07, 6.45) is 0.660. The number of esters is 1. The molecule has 0 saturated heterocycles. The van der Waals surface area contributed by atoms with Crippen LogP contribution in [0.15, 0.2) is 30.3 Å². The second-order valence-corrected chi connectivity index (χ2v) is 5.41. The molecule has 0 amide bonds. The summed E-state index contributed by atoms with van der Waals surface area (Å²) >= 11 is 0. The van der Waals surface area contributed by atoms with Gasteiger partial charge in [0.25, 0.3) is 0 Å². The minimum Gasteiger partial charge on any atom is -0.507 e. The largest absolute Gasteiger partial charge is 0.507 e. The summed E-state index contributed by atoms with van der Waals surface area (Å²) < 4.78 is 5.43. The van der Waals surface area contributed by atoms with E-state index >= 15 is 0 Å². The summed E-state index contributed by atoms with van der Waals surface area (Å²) in [6, 6.07) is 7.74. The Morgan fingerprint density at radius 1 is 1.15 bits per heavy atom. The molecule has 0 bridgehead atoms. The van der Waals surface area contributed by atoms with Gasteiger partial charge in [-0.25, -0.2) is 0 Å². The van der Waals surface area contributed by atoms with Crippen molar-refractivity contribution < 1.29 is 19.7 Å². The summed E-state index contributed by atoms with van der Waals surface area (Å²) in [5.74, 6) is -0.101. The molecule has 0 radical (unpaired) electrons. The number of phenols is 2. The van der Waals surface area contributed by atoms with Crippen molar-refractivity contribution in [3.05, 3.63) is 30.3 Å². The quantitative estimate of drug-likeness (QED) is 0.663. The first-order valence-corrected chi connectivity index (χ1v) is 6.52. The molecule has 0 aromatic heterocycles. The van der Waals surface area contributed by atoms with Crippen molar-refractivity contribution in [3.63, 3.8) is 0 Å². The van der Waals surface area contributed by atoms with E-state index < -0.39 is 5.41 Å². The van der Waals surface area contributed by atoms with Gasteiger partial charge in [0.05, 0.1) is 10.8 Å². The molecule has 2 aromatic rings. The van der Waals surface area contributed by atoms with Gasteiger partial charge in [-0.2, -0.15) is 0 Å². The van der Waals surface area contributed by atoms with Crippen LogP contribution in [0.25, 0.3) is 10.8 Å². The highest BCUT2D eigenvalue weighted by Gasteiger charge is 2.28. The second-order valence-electron chi connectivity index (χ2n) is 5.41. The van der Waals surface area contributed by atoms with Crippen molar-refractivity contribution in [1.82, 2.24) is 0 Å². The molecule has 20 heavy (non-hydrogen) atoms. The summed E-state index contributed by atoms with van der Waals surface area (Å²) in [5, 5.41) is 20.4. The predicted molar refractivity (Wildman–Crippen MR) is 77.0 cm³/mol. The number of phenolic OH excluding ortho intramolecular Hbond substituents is 2. The van der Waals surface area contributed by atoms with Crippen LogP contribution in [0.1, 0.15) is 27.2 Å². The van der Waals surface area contributed by atoms with Gasteiger partial charge in [0.15, 0.2) is 0 Å². The average molecular weight is 274 g/mol. The lowest BCUT2D eigenvalue weighted by atomic mass is 9.90. The third-order valence-corrected chi connectivity index (χ3v) is 3.60. The van der Waals surface area contributed by atoms with E-state index in [0.717, 1.165) is 0 Å². The topological polar surface area (TPSA) is 66.8 Å². The molecular weight excluding hydrogens is 256 g/mol. The maximum absolute atomic E-state index is 12.1. The Kier molecular flexibility index (Phi) is 3.57. The maximum Gasteiger partial charge on any atom is 0.316 e. The lowest BCUT2D eigenvalue weighted by Gasteiger charge is -2.20. The third-order valence-electron chi connectivity index (χ3n) is 3.60. The van der Waals surface area contributed by atoms with Gasteiger partial charge in [0, 0.05) is 5.39 Å². The number of rotatable bonds is 3. The van der Waals surface area contributed by atoms with E-state index in [-0.39, 0.29) is 22.9 Å². The highest BCUT2D eigenvalue weighted by atomic mass is 16.5. The molecule has 106 valence electrons. The lowest BCUT2D eigenvalue weighted by Crippen LogP contribution is -2.28.